The largest absolute Gasteiger partial charge is 0.376 e. The number of nitrogens with one attached hydrogen (secondary N) is 1. The maximum Gasteiger partial charge on any atom is 0.229 e. The van der Waals surface area contributed by atoms with Crippen molar-refractivity contribution < 1.29 is 23.7 Å². The molecule has 0 saturated carbocycles. The van der Waals surface area contributed by atoms with Crippen LogP contribution in [0.3, 0.4) is 0 Å². The van der Waals surface area contributed by atoms with Crippen LogP contribution in [-0.2, 0) is 23.7 Å². The van der Waals surface area contributed by atoms with Crippen LogP contribution >= 0.6 is 11.9 Å². The zero-order valence-corrected chi connectivity index (χ0v) is 14.1. The molecule has 3 atom stereocenters. The summed E-state index contributed by atoms with van der Waals surface area (Å²) in [5, 5.41) is 0. The number of carbonyl (C=O) groups is 1. The van der Waals surface area contributed by atoms with E-state index in [2.05, 4.69) is 4.72 Å². The van der Waals surface area contributed by atoms with E-state index in [0.717, 1.165) is 38.9 Å². The first-order valence-electron chi connectivity index (χ1n) is 8.02. The van der Waals surface area contributed by atoms with Crippen LogP contribution in [0.1, 0.15) is 32.1 Å². The molecular formula is C15H27NO5S. The lowest BCUT2D eigenvalue weighted by atomic mass is 10.1. The monoisotopic (exact) mass is 333 g/mol. The van der Waals surface area contributed by atoms with Crippen LogP contribution in [0.15, 0.2) is 0 Å². The average Bonchev–Trinajstić information content (AvgIpc) is 3.37. The summed E-state index contributed by atoms with van der Waals surface area (Å²) in [5.74, 6) is 0.110. The lowest BCUT2D eigenvalue weighted by molar-refractivity contribution is -0.119. The zero-order chi connectivity index (χ0) is 15.6. The number of hydrogen-bond acceptors (Lipinski definition) is 6. The maximum atomic E-state index is 11.3. The lowest BCUT2D eigenvalue weighted by Crippen LogP contribution is -2.23. The van der Waals surface area contributed by atoms with Crippen LogP contribution in [0.5, 0.6) is 0 Å². The highest BCUT2D eigenvalue weighted by Crippen LogP contribution is 2.15. The predicted molar refractivity (Wildman–Crippen MR) is 84.8 cm³/mol. The Morgan fingerprint density at radius 3 is 2.64 bits per heavy atom. The first-order valence-corrected chi connectivity index (χ1v) is 9.24. The Labute approximate surface area is 136 Å². The molecule has 2 rings (SSSR count). The van der Waals surface area contributed by atoms with Gasteiger partial charge in [0.1, 0.15) is 12.2 Å². The number of ether oxygens (including phenoxy) is 4. The summed E-state index contributed by atoms with van der Waals surface area (Å²) < 4.78 is 24.5. The van der Waals surface area contributed by atoms with Gasteiger partial charge in [0.05, 0.1) is 39.1 Å². The molecule has 2 fully saturated rings. The molecule has 0 aromatic rings. The molecule has 2 aliphatic rings. The number of carbonyl (C=O) groups excluding carboxylic acids is 1. The van der Waals surface area contributed by atoms with E-state index in [1.807, 2.05) is 6.26 Å². The number of rotatable bonds is 14. The minimum absolute atomic E-state index is 0.110. The van der Waals surface area contributed by atoms with Crippen molar-refractivity contribution in [3.05, 3.63) is 0 Å². The second-order valence-corrected chi connectivity index (χ2v) is 6.34. The molecule has 22 heavy (non-hydrogen) atoms. The van der Waals surface area contributed by atoms with Gasteiger partial charge in [-0.1, -0.05) is 24.8 Å². The molecule has 0 radical (unpaired) electrons. The summed E-state index contributed by atoms with van der Waals surface area (Å²) in [6, 6.07) is 0. The first kappa shape index (κ1) is 18.0. The SMILES string of the molecule is CSNC(=O)CCCCCC(COCC1CO1)OCC1CO1. The zero-order valence-electron chi connectivity index (χ0n) is 13.3. The van der Waals surface area contributed by atoms with E-state index in [4.69, 9.17) is 18.9 Å². The van der Waals surface area contributed by atoms with Gasteiger partial charge >= 0.3 is 0 Å². The van der Waals surface area contributed by atoms with E-state index in [1.54, 1.807) is 0 Å². The van der Waals surface area contributed by atoms with Gasteiger partial charge < -0.3 is 23.7 Å². The van der Waals surface area contributed by atoms with Crippen molar-refractivity contribution in [2.24, 2.45) is 0 Å². The van der Waals surface area contributed by atoms with E-state index in [0.29, 0.717) is 32.3 Å². The number of hydrogen-bond donors (Lipinski definition) is 1. The average molecular weight is 333 g/mol. The topological polar surface area (TPSA) is 72.6 Å². The molecule has 2 aliphatic heterocycles. The van der Waals surface area contributed by atoms with Crippen molar-refractivity contribution in [2.75, 3.05) is 39.3 Å². The lowest BCUT2D eigenvalue weighted by Gasteiger charge is -2.17. The summed E-state index contributed by atoms with van der Waals surface area (Å²) in [6.07, 6.45) is 7.10. The molecule has 0 aromatic heterocycles. The van der Waals surface area contributed by atoms with Gasteiger partial charge in [-0.15, -0.1) is 0 Å². The van der Waals surface area contributed by atoms with Gasteiger partial charge in [-0.05, 0) is 12.8 Å². The van der Waals surface area contributed by atoms with Crippen LogP contribution in [-0.4, -0.2) is 63.5 Å². The molecule has 6 nitrogen and oxygen atoms in total. The van der Waals surface area contributed by atoms with Gasteiger partial charge in [0.2, 0.25) is 5.91 Å². The van der Waals surface area contributed by atoms with E-state index in [-0.39, 0.29) is 18.1 Å². The molecule has 2 saturated heterocycles. The highest BCUT2D eigenvalue weighted by molar-refractivity contribution is 7.97. The van der Waals surface area contributed by atoms with Crippen LogP contribution in [0.2, 0.25) is 0 Å². The third-order valence-electron chi connectivity index (χ3n) is 3.58. The summed E-state index contributed by atoms with van der Waals surface area (Å²) in [7, 11) is 0. The normalized spacial score (nSPS) is 24.0. The number of epoxide rings is 2. The minimum atomic E-state index is 0.110. The van der Waals surface area contributed by atoms with Gasteiger partial charge in [-0.25, -0.2) is 0 Å². The Morgan fingerprint density at radius 2 is 1.95 bits per heavy atom. The Hall–Kier alpha value is -0.340. The van der Waals surface area contributed by atoms with Crippen LogP contribution < -0.4 is 4.72 Å². The number of unbranched alkanes of at least 4 members (excludes halogenated alkanes) is 2. The fourth-order valence-electron chi connectivity index (χ4n) is 2.12. The van der Waals surface area contributed by atoms with Gasteiger partial charge in [-0.3, -0.25) is 4.79 Å². The van der Waals surface area contributed by atoms with Gasteiger partial charge in [0.25, 0.3) is 0 Å². The van der Waals surface area contributed by atoms with Crippen molar-refractivity contribution >= 4 is 17.9 Å². The van der Waals surface area contributed by atoms with Crippen molar-refractivity contribution in [1.82, 2.24) is 4.72 Å². The minimum Gasteiger partial charge on any atom is -0.376 e. The fourth-order valence-corrected chi connectivity index (χ4v) is 2.45. The summed E-state index contributed by atoms with van der Waals surface area (Å²) >= 11 is 1.35. The van der Waals surface area contributed by atoms with E-state index < -0.39 is 0 Å². The van der Waals surface area contributed by atoms with Crippen LogP contribution in [0.25, 0.3) is 0 Å². The Morgan fingerprint density at radius 1 is 1.23 bits per heavy atom. The van der Waals surface area contributed by atoms with E-state index in [9.17, 15) is 4.79 Å². The highest BCUT2D eigenvalue weighted by atomic mass is 32.2. The Balaban J connectivity index is 1.50. The summed E-state index contributed by atoms with van der Waals surface area (Å²) in [6.45, 7) is 3.56. The second-order valence-electron chi connectivity index (χ2n) is 5.73. The second kappa shape index (κ2) is 10.4. The molecule has 2 heterocycles. The predicted octanol–water partition coefficient (Wildman–Crippen LogP) is 1.53. The molecule has 128 valence electrons. The van der Waals surface area contributed by atoms with Crippen molar-refractivity contribution in [2.45, 2.75) is 50.4 Å². The van der Waals surface area contributed by atoms with Crippen molar-refractivity contribution in [3.8, 4) is 0 Å². The number of amides is 1. The summed E-state index contributed by atoms with van der Waals surface area (Å²) in [4.78, 5) is 11.3. The van der Waals surface area contributed by atoms with E-state index >= 15 is 0 Å². The smallest absolute Gasteiger partial charge is 0.229 e. The molecule has 0 aromatic carbocycles. The third-order valence-corrected chi connectivity index (χ3v) is 4.01. The van der Waals surface area contributed by atoms with Gasteiger partial charge in [-0.2, -0.15) is 0 Å². The molecule has 0 bridgehead atoms. The molecule has 7 heteroatoms. The molecular weight excluding hydrogens is 306 g/mol. The van der Waals surface area contributed by atoms with Gasteiger partial charge in [0, 0.05) is 12.7 Å². The van der Waals surface area contributed by atoms with E-state index in [1.165, 1.54) is 11.9 Å². The molecule has 1 amide bonds. The molecule has 0 spiro atoms. The molecule has 0 aliphatic carbocycles. The standard InChI is InChI=1S/C15H27NO5S/c1-22-16-15(17)6-4-2-3-5-12(19-10-14-11-21-14)7-18-8-13-9-20-13/h12-14H,2-11H2,1H3,(H,16,17). The Kier molecular flexibility index (Phi) is 8.54. The van der Waals surface area contributed by atoms with Crippen molar-refractivity contribution in [3.63, 3.8) is 0 Å². The highest BCUT2D eigenvalue weighted by Gasteiger charge is 2.25. The quantitative estimate of drug-likeness (QED) is 0.295. The third kappa shape index (κ3) is 8.95. The van der Waals surface area contributed by atoms with Crippen LogP contribution in [0, 0.1) is 0 Å². The Bertz CT molecular complexity index is 323. The fraction of sp³-hybridized carbons (Fsp3) is 0.933. The summed E-state index contributed by atoms with van der Waals surface area (Å²) in [5.41, 5.74) is 0. The van der Waals surface area contributed by atoms with Gasteiger partial charge in [0.15, 0.2) is 0 Å². The molecule has 3 unspecified atom stereocenters. The maximum absolute atomic E-state index is 11.3. The molecule has 1 N–H and O–H groups in total. The van der Waals surface area contributed by atoms with Crippen molar-refractivity contribution in [1.29, 1.82) is 0 Å². The van der Waals surface area contributed by atoms with Crippen LogP contribution in [0.4, 0.5) is 0 Å². The first-order chi connectivity index (χ1) is 10.8.